The van der Waals surface area contributed by atoms with Crippen LogP contribution in [0.5, 0.6) is 0 Å². The van der Waals surface area contributed by atoms with Crippen LogP contribution in [0.2, 0.25) is 0 Å². The first-order chi connectivity index (χ1) is 8.90. The van der Waals surface area contributed by atoms with E-state index in [1.54, 1.807) is 0 Å². The van der Waals surface area contributed by atoms with Gasteiger partial charge in [-0.2, -0.15) is 0 Å². The van der Waals surface area contributed by atoms with E-state index < -0.39 is 32.6 Å². The minimum atomic E-state index is -4.02. The zero-order chi connectivity index (χ0) is 14.5. The van der Waals surface area contributed by atoms with Gasteiger partial charge in [-0.05, 0) is 18.6 Å². The second kappa shape index (κ2) is 8.51. The lowest BCUT2D eigenvalue weighted by atomic mass is 10.1. The first-order valence-electron chi connectivity index (χ1n) is 6.08. The standard InChI is InChI=1S/C12H18F2N2O2S.ClH/c1-2-3-4-10(8-15)16-19(17,18)12-6-5-9(13)7-11(12)14;/h5-7,10,16H,2-4,8,15H2,1H3;1H. The van der Waals surface area contributed by atoms with Crippen molar-refractivity contribution in [3.63, 3.8) is 0 Å². The smallest absolute Gasteiger partial charge is 0.243 e. The fourth-order valence-electron chi connectivity index (χ4n) is 1.65. The molecule has 0 bridgehead atoms. The van der Waals surface area contributed by atoms with Crippen LogP contribution in [0.3, 0.4) is 0 Å². The molecule has 0 fully saturated rings. The Kier molecular flexibility index (Phi) is 8.19. The molecule has 0 heterocycles. The molecule has 1 unspecified atom stereocenters. The number of hydrogen-bond acceptors (Lipinski definition) is 3. The van der Waals surface area contributed by atoms with E-state index in [9.17, 15) is 17.2 Å². The van der Waals surface area contributed by atoms with Crippen molar-refractivity contribution in [2.45, 2.75) is 37.1 Å². The van der Waals surface area contributed by atoms with E-state index in [1.807, 2.05) is 6.92 Å². The van der Waals surface area contributed by atoms with Crippen LogP contribution in [0, 0.1) is 11.6 Å². The van der Waals surface area contributed by atoms with Gasteiger partial charge in [0.1, 0.15) is 16.5 Å². The molecule has 116 valence electrons. The number of sulfonamides is 1. The summed E-state index contributed by atoms with van der Waals surface area (Å²) in [5.41, 5.74) is 5.48. The summed E-state index contributed by atoms with van der Waals surface area (Å²) in [6.07, 6.45) is 2.30. The molecule has 0 amide bonds. The quantitative estimate of drug-likeness (QED) is 0.806. The molecule has 20 heavy (non-hydrogen) atoms. The molecule has 4 nitrogen and oxygen atoms in total. The van der Waals surface area contributed by atoms with Gasteiger partial charge in [-0.1, -0.05) is 19.8 Å². The average Bonchev–Trinajstić information content (AvgIpc) is 2.33. The molecule has 1 atom stereocenters. The number of unbranched alkanes of at least 4 members (excludes halogenated alkanes) is 1. The maximum atomic E-state index is 13.5. The fourth-order valence-corrected chi connectivity index (χ4v) is 2.99. The van der Waals surface area contributed by atoms with Crippen LogP contribution in [0.15, 0.2) is 23.1 Å². The highest BCUT2D eigenvalue weighted by Crippen LogP contribution is 2.16. The Morgan fingerprint density at radius 1 is 1.35 bits per heavy atom. The first-order valence-corrected chi connectivity index (χ1v) is 7.56. The van der Waals surface area contributed by atoms with E-state index in [0.717, 1.165) is 25.0 Å². The molecular weight excluding hydrogens is 310 g/mol. The van der Waals surface area contributed by atoms with Gasteiger partial charge in [-0.25, -0.2) is 21.9 Å². The molecule has 0 spiro atoms. The summed E-state index contributed by atoms with van der Waals surface area (Å²) in [5, 5.41) is 0. The maximum absolute atomic E-state index is 13.5. The van der Waals surface area contributed by atoms with E-state index in [1.165, 1.54) is 0 Å². The van der Waals surface area contributed by atoms with Crippen LogP contribution in [0.1, 0.15) is 26.2 Å². The second-order valence-corrected chi connectivity index (χ2v) is 5.95. The molecule has 0 saturated heterocycles. The minimum absolute atomic E-state index is 0. The summed E-state index contributed by atoms with van der Waals surface area (Å²) in [6, 6.07) is 1.90. The normalized spacial score (nSPS) is 12.8. The van der Waals surface area contributed by atoms with Crippen molar-refractivity contribution < 1.29 is 17.2 Å². The van der Waals surface area contributed by atoms with Crippen LogP contribution < -0.4 is 10.5 Å². The highest BCUT2D eigenvalue weighted by atomic mass is 35.5. The summed E-state index contributed by atoms with van der Waals surface area (Å²) in [5.74, 6) is -1.93. The van der Waals surface area contributed by atoms with Gasteiger partial charge in [0.05, 0.1) is 0 Å². The second-order valence-electron chi connectivity index (χ2n) is 4.27. The molecule has 3 N–H and O–H groups in total. The Morgan fingerprint density at radius 3 is 2.50 bits per heavy atom. The predicted molar refractivity (Wildman–Crippen MR) is 76.3 cm³/mol. The number of nitrogens with two attached hydrogens (primary N) is 1. The predicted octanol–water partition coefficient (Wildman–Crippen LogP) is 2.18. The van der Waals surface area contributed by atoms with Gasteiger partial charge in [-0.15, -0.1) is 12.4 Å². The zero-order valence-electron chi connectivity index (χ0n) is 11.1. The Labute approximate surface area is 124 Å². The minimum Gasteiger partial charge on any atom is -0.329 e. The third-order valence-corrected chi connectivity index (χ3v) is 4.25. The van der Waals surface area contributed by atoms with Crippen LogP contribution in [-0.2, 0) is 10.0 Å². The first kappa shape index (κ1) is 19.2. The van der Waals surface area contributed by atoms with Gasteiger partial charge >= 0.3 is 0 Å². The molecule has 0 aliphatic carbocycles. The Hall–Kier alpha value is -0.760. The molecule has 0 saturated carbocycles. The topological polar surface area (TPSA) is 72.2 Å². The zero-order valence-corrected chi connectivity index (χ0v) is 12.7. The Balaban J connectivity index is 0.00000361. The van der Waals surface area contributed by atoms with Crippen molar-refractivity contribution in [3.8, 4) is 0 Å². The molecule has 1 aromatic carbocycles. The molecule has 1 aromatic rings. The van der Waals surface area contributed by atoms with Gasteiger partial charge in [0.2, 0.25) is 10.0 Å². The molecule has 0 aliphatic heterocycles. The molecule has 0 aromatic heterocycles. The van der Waals surface area contributed by atoms with Gasteiger partial charge in [0, 0.05) is 18.7 Å². The van der Waals surface area contributed by atoms with Gasteiger partial charge in [-0.3, -0.25) is 0 Å². The van der Waals surface area contributed by atoms with Crippen molar-refractivity contribution in [1.29, 1.82) is 0 Å². The summed E-state index contributed by atoms with van der Waals surface area (Å²) in [6.45, 7) is 2.10. The number of hydrogen-bond donors (Lipinski definition) is 2. The monoisotopic (exact) mass is 328 g/mol. The van der Waals surface area contributed by atoms with Crippen molar-refractivity contribution in [2.24, 2.45) is 5.73 Å². The third kappa shape index (κ3) is 5.32. The maximum Gasteiger partial charge on any atom is 0.243 e. The van der Waals surface area contributed by atoms with Crippen LogP contribution in [-0.4, -0.2) is 21.0 Å². The van der Waals surface area contributed by atoms with Crippen LogP contribution in [0.4, 0.5) is 8.78 Å². The molecule has 8 heteroatoms. The lowest BCUT2D eigenvalue weighted by molar-refractivity contribution is 0.507. The average molecular weight is 329 g/mol. The van der Waals surface area contributed by atoms with Crippen molar-refractivity contribution in [1.82, 2.24) is 4.72 Å². The molecular formula is C12H19ClF2N2O2S. The SMILES string of the molecule is CCCCC(CN)NS(=O)(=O)c1ccc(F)cc1F.Cl. The van der Waals surface area contributed by atoms with Crippen molar-refractivity contribution in [2.75, 3.05) is 6.54 Å². The summed E-state index contributed by atoms with van der Waals surface area (Å²) in [4.78, 5) is -0.566. The van der Waals surface area contributed by atoms with Gasteiger partial charge in [0.25, 0.3) is 0 Å². The Morgan fingerprint density at radius 2 is 2.00 bits per heavy atom. The number of rotatable bonds is 7. The van der Waals surface area contributed by atoms with E-state index in [2.05, 4.69) is 4.72 Å². The molecule has 0 aliphatic rings. The number of benzene rings is 1. The van der Waals surface area contributed by atoms with E-state index in [0.29, 0.717) is 12.5 Å². The third-order valence-electron chi connectivity index (χ3n) is 2.70. The van der Waals surface area contributed by atoms with E-state index in [4.69, 9.17) is 5.73 Å². The van der Waals surface area contributed by atoms with Crippen molar-refractivity contribution >= 4 is 22.4 Å². The van der Waals surface area contributed by atoms with Gasteiger partial charge < -0.3 is 5.73 Å². The fraction of sp³-hybridized carbons (Fsp3) is 0.500. The van der Waals surface area contributed by atoms with E-state index >= 15 is 0 Å². The van der Waals surface area contributed by atoms with Gasteiger partial charge in [0.15, 0.2) is 0 Å². The highest BCUT2D eigenvalue weighted by molar-refractivity contribution is 7.89. The Bertz CT molecular complexity index is 526. The molecule has 1 rings (SSSR count). The van der Waals surface area contributed by atoms with Crippen molar-refractivity contribution in [3.05, 3.63) is 29.8 Å². The lowest BCUT2D eigenvalue weighted by Gasteiger charge is -2.16. The summed E-state index contributed by atoms with van der Waals surface area (Å²) < 4.78 is 52.5. The number of halogens is 3. The highest BCUT2D eigenvalue weighted by Gasteiger charge is 2.22. The summed E-state index contributed by atoms with van der Waals surface area (Å²) in [7, 11) is -4.02. The molecule has 0 radical (unpaired) electrons. The van der Waals surface area contributed by atoms with E-state index in [-0.39, 0.29) is 19.0 Å². The largest absolute Gasteiger partial charge is 0.329 e. The van der Waals surface area contributed by atoms with Crippen LogP contribution in [0.25, 0.3) is 0 Å². The lowest BCUT2D eigenvalue weighted by Crippen LogP contribution is -2.40. The number of nitrogens with one attached hydrogen (secondary N) is 1. The summed E-state index contributed by atoms with van der Waals surface area (Å²) >= 11 is 0. The van der Waals surface area contributed by atoms with Crippen LogP contribution >= 0.6 is 12.4 Å².